The first kappa shape index (κ1) is 20.0. The summed E-state index contributed by atoms with van der Waals surface area (Å²) < 4.78 is 45.0. The Morgan fingerprint density at radius 1 is 1.17 bits per heavy atom. The summed E-state index contributed by atoms with van der Waals surface area (Å²) in [5, 5.41) is 5.10. The molecule has 0 amide bonds. The highest BCUT2D eigenvalue weighted by molar-refractivity contribution is 7.89. The van der Waals surface area contributed by atoms with Crippen LogP contribution in [-0.4, -0.2) is 30.1 Å². The Balaban J connectivity index is 1.91. The second kappa shape index (κ2) is 7.51. The minimum atomic E-state index is -3.98. The van der Waals surface area contributed by atoms with Gasteiger partial charge in [0.25, 0.3) is 0 Å². The molecule has 154 valence electrons. The van der Waals surface area contributed by atoms with E-state index in [1.54, 1.807) is 13.3 Å². The quantitative estimate of drug-likeness (QED) is 0.528. The number of rotatable bonds is 5. The second-order valence-corrected chi connectivity index (χ2v) is 8.35. The number of ether oxygens (including phenoxy) is 1. The number of imidazole rings is 1. The number of primary sulfonamides is 1. The van der Waals surface area contributed by atoms with Crippen molar-refractivity contribution in [3.8, 4) is 17.0 Å². The highest BCUT2D eigenvalue weighted by Gasteiger charge is 2.20. The van der Waals surface area contributed by atoms with Gasteiger partial charge in [0, 0.05) is 5.56 Å². The molecule has 2 aromatic heterocycles. The number of halogens is 1. The van der Waals surface area contributed by atoms with Gasteiger partial charge in [0.15, 0.2) is 0 Å². The zero-order chi connectivity index (χ0) is 21.5. The normalized spacial score (nSPS) is 11.7. The second-order valence-electron chi connectivity index (χ2n) is 6.79. The zero-order valence-electron chi connectivity index (χ0n) is 16.3. The lowest BCUT2D eigenvalue weighted by atomic mass is 10.1. The third kappa shape index (κ3) is 3.53. The third-order valence-electron chi connectivity index (χ3n) is 4.88. The van der Waals surface area contributed by atoms with E-state index < -0.39 is 15.8 Å². The Morgan fingerprint density at radius 3 is 2.53 bits per heavy atom. The Kier molecular flexibility index (Phi) is 5.00. The average Bonchev–Trinajstić information content (AvgIpc) is 3.03. The number of hydrogen-bond acceptors (Lipinski definition) is 5. The molecule has 2 aromatic carbocycles. The number of pyridine rings is 1. The lowest BCUT2D eigenvalue weighted by Gasteiger charge is -2.14. The van der Waals surface area contributed by atoms with E-state index in [-0.39, 0.29) is 11.4 Å². The molecule has 0 bridgehead atoms. The van der Waals surface area contributed by atoms with Crippen LogP contribution in [0.4, 0.5) is 4.39 Å². The maximum Gasteiger partial charge on any atom is 0.238 e. The molecule has 0 aliphatic rings. The largest absolute Gasteiger partial charge is 0.480 e. The summed E-state index contributed by atoms with van der Waals surface area (Å²) in [5.41, 5.74) is 3.34. The molecular weight excluding hydrogens is 407 g/mol. The standard InChI is InChI=1S/C21H19FN4O3S/c1-13-25-18-11-24-21(29-2)19(14-6-4-3-5-7-14)20(18)26(13)12-15-8-9-16(10-17(15)22)30(23,27)28/h3-11H,12H2,1-2H3,(H2,23,27,28). The number of aryl methyl sites for hydroxylation is 1. The maximum atomic E-state index is 14.7. The van der Waals surface area contributed by atoms with E-state index in [0.717, 1.165) is 22.7 Å². The Hall–Kier alpha value is -3.30. The smallest absolute Gasteiger partial charge is 0.238 e. The van der Waals surface area contributed by atoms with Crippen LogP contribution in [0.5, 0.6) is 5.88 Å². The Labute approximate surface area is 173 Å². The van der Waals surface area contributed by atoms with Crippen LogP contribution in [0, 0.1) is 12.7 Å². The van der Waals surface area contributed by atoms with Crippen molar-refractivity contribution in [3.63, 3.8) is 0 Å². The van der Waals surface area contributed by atoms with Crippen LogP contribution < -0.4 is 9.88 Å². The van der Waals surface area contributed by atoms with Gasteiger partial charge in [0.1, 0.15) is 17.2 Å². The number of methoxy groups -OCH3 is 1. The van der Waals surface area contributed by atoms with Gasteiger partial charge in [0.05, 0.1) is 35.8 Å². The van der Waals surface area contributed by atoms with E-state index in [9.17, 15) is 12.8 Å². The molecule has 4 rings (SSSR count). The van der Waals surface area contributed by atoms with E-state index >= 15 is 0 Å². The van der Waals surface area contributed by atoms with Gasteiger partial charge in [-0.15, -0.1) is 0 Å². The SMILES string of the molecule is COc1ncc2nc(C)n(Cc3ccc(S(N)(=O)=O)cc3F)c2c1-c1ccccc1. The molecule has 7 nitrogen and oxygen atoms in total. The fourth-order valence-electron chi connectivity index (χ4n) is 3.44. The molecule has 2 heterocycles. The topological polar surface area (TPSA) is 100 Å². The predicted octanol–water partition coefficient (Wildman–Crippen LogP) is 3.25. The van der Waals surface area contributed by atoms with Crippen LogP contribution in [0.1, 0.15) is 11.4 Å². The van der Waals surface area contributed by atoms with Crippen LogP contribution in [0.3, 0.4) is 0 Å². The molecule has 0 fully saturated rings. The first-order valence-electron chi connectivity index (χ1n) is 9.06. The number of hydrogen-bond donors (Lipinski definition) is 1. The van der Waals surface area contributed by atoms with Crippen molar-refractivity contribution in [2.45, 2.75) is 18.4 Å². The van der Waals surface area contributed by atoms with E-state index in [4.69, 9.17) is 9.88 Å². The lowest BCUT2D eigenvalue weighted by molar-refractivity contribution is 0.400. The number of nitrogens with zero attached hydrogens (tertiary/aromatic N) is 3. The number of aromatic nitrogens is 3. The van der Waals surface area contributed by atoms with Crippen LogP contribution in [-0.2, 0) is 16.6 Å². The molecule has 0 saturated heterocycles. The van der Waals surface area contributed by atoms with Crippen molar-refractivity contribution < 1.29 is 17.5 Å². The summed E-state index contributed by atoms with van der Waals surface area (Å²) >= 11 is 0. The van der Waals surface area contributed by atoms with Gasteiger partial charge in [-0.25, -0.2) is 27.9 Å². The minimum absolute atomic E-state index is 0.145. The van der Waals surface area contributed by atoms with Crippen molar-refractivity contribution >= 4 is 21.1 Å². The molecule has 0 aliphatic heterocycles. The Bertz CT molecular complexity index is 1350. The molecule has 4 aromatic rings. The van der Waals surface area contributed by atoms with Crippen LogP contribution in [0.25, 0.3) is 22.2 Å². The number of fused-ring (bicyclic) bond motifs is 1. The summed E-state index contributed by atoms with van der Waals surface area (Å²) in [4.78, 5) is 8.66. The van der Waals surface area contributed by atoms with Gasteiger partial charge in [-0.05, 0) is 24.6 Å². The number of nitrogens with two attached hydrogens (primary N) is 1. The van der Waals surface area contributed by atoms with E-state index in [1.807, 2.05) is 41.8 Å². The van der Waals surface area contributed by atoms with E-state index in [2.05, 4.69) is 9.97 Å². The Morgan fingerprint density at radius 2 is 1.90 bits per heavy atom. The van der Waals surface area contributed by atoms with Crippen LogP contribution in [0.15, 0.2) is 59.6 Å². The molecule has 0 unspecified atom stereocenters. The van der Waals surface area contributed by atoms with Gasteiger partial charge in [-0.1, -0.05) is 36.4 Å². The van der Waals surface area contributed by atoms with Crippen LogP contribution in [0.2, 0.25) is 0 Å². The fourth-order valence-corrected chi connectivity index (χ4v) is 3.97. The fraction of sp³-hybridized carbons (Fsp3) is 0.143. The van der Waals surface area contributed by atoms with E-state index in [0.29, 0.717) is 22.8 Å². The first-order chi connectivity index (χ1) is 14.3. The van der Waals surface area contributed by atoms with E-state index in [1.165, 1.54) is 12.1 Å². The summed E-state index contributed by atoms with van der Waals surface area (Å²) in [6.07, 6.45) is 1.62. The first-order valence-corrected chi connectivity index (χ1v) is 10.6. The number of sulfonamides is 1. The zero-order valence-corrected chi connectivity index (χ0v) is 17.1. The van der Waals surface area contributed by atoms with Crippen molar-refractivity contribution in [2.24, 2.45) is 5.14 Å². The summed E-state index contributed by atoms with van der Waals surface area (Å²) in [5.74, 6) is 0.428. The van der Waals surface area contributed by atoms with Gasteiger partial charge < -0.3 is 9.30 Å². The van der Waals surface area contributed by atoms with Gasteiger partial charge in [-0.3, -0.25) is 0 Å². The lowest BCUT2D eigenvalue weighted by Crippen LogP contribution is -2.13. The molecule has 0 aliphatic carbocycles. The van der Waals surface area contributed by atoms with Crippen molar-refractivity contribution in [1.29, 1.82) is 0 Å². The van der Waals surface area contributed by atoms with Gasteiger partial charge in [-0.2, -0.15) is 0 Å². The summed E-state index contributed by atoms with van der Waals surface area (Å²) in [7, 11) is -2.44. The molecule has 9 heteroatoms. The monoisotopic (exact) mass is 426 g/mol. The van der Waals surface area contributed by atoms with Gasteiger partial charge in [0.2, 0.25) is 15.9 Å². The van der Waals surface area contributed by atoms with Crippen molar-refractivity contribution in [3.05, 3.63) is 71.9 Å². The van der Waals surface area contributed by atoms with Crippen molar-refractivity contribution in [1.82, 2.24) is 14.5 Å². The predicted molar refractivity (Wildman–Crippen MR) is 111 cm³/mol. The van der Waals surface area contributed by atoms with Crippen molar-refractivity contribution in [2.75, 3.05) is 7.11 Å². The third-order valence-corrected chi connectivity index (χ3v) is 5.79. The summed E-state index contributed by atoms with van der Waals surface area (Å²) in [6.45, 7) is 1.96. The highest BCUT2D eigenvalue weighted by Crippen LogP contribution is 2.36. The molecule has 30 heavy (non-hydrogen) atoms. The molecule has 0 radical (unpaired) electrons. The maximum absolute atomic E-state index is 14.7. The minimum Gasteiger partial charge on any atom is -0.480 e. The number of benzene rings is 2. The summed E-state index contributed by atoms with van der Waals surface area (Å²) in [6, 6.07) is 13.2. The van der Waals surface area contributed by atoms with Crippen LogP contribution >= 0.6 is 0 Å². The highest BCUT2D eigenvalue weighted by atomic mass is 32.2. The molecular formula is C21H19FN4O3S. The molecule has 0 saturated carbocycles. The molecule has 2 N–H and O–H groups in total. The average molecular weight is 426 g/mol. The molecule has 0 atom stereocenters. The van der Waals surface area contributed by atoms with Gasteiger partial charge >= 0.3 is 0 Å². The molecule has 0 spiro atoms.